The van der Waals surface area contributed by atoms with Crippen LogP contribution in [0.15, 0.2) is 109 Å². The van der Waals surface area contributed by atoms with E-state index in [0.717, 1.165) is 11.3 Å². The van der Waals surface area contributed by atoms with Crippen LogP contribution < -0.4 is 26.6 Å². The monoisotopic (exact) mass is 695 g/mol. The zero-order valence-corrected chi connectivity index (χ0v) is 28.0. The van der Waals surface area contributed by atoms with E-state index in [1.165, 1.54) is 0 Å². The number of carbonyl (C=O) groups is 2. The van der Waals surface area contributed by atoms with Crippen LogP contribution in [-0.2, 0) is 16.0 Å². The van der Waals surface area contributed by atoms with Gasteiger partial charge in [-0.2, -0.15) is 9.97 Å². The van der Waals surface area contributed by atoms with Gasteiger partial charge in [-0.25, -0.2) is 0 Å². The molecule has 5 aromatic rings. The predicted molar refractivity (Wildman–Crippen MR) is 195 cm³/mol. The molecule has 0 saturated carbocycles. The van der Waals surface area contributed by atoms with Crippen molar-refractivity contribution in [1.29, 1.82) is 0 Å². The molecule has 0 aliphatic rings. The van der Waals surface area contributed by atoms with E-state index in [4.69, 9.17) is 21.1 Å². The summed E-state index contributed by atoms with van der Waals surface area (Å²) in [6, 6.07) is 31.8. The molecule has 0 aliphatic heterocycles. The highest BCUT2D eigenvalue weighted by Crippen LogP contribution is 2.23. The molecule has 0 atom stereocenters. The number of amides is 2. The Bertz CT molecular complexity index is 1830. The molecule has 13 heteroatoms. The summed E-state index contributed by atoms with van der Waals surface area (Å²) in [5, 5.41) is 25.6. The van der Waals surface area contributed by atoms with Crippen molar-refractivity contribution in [2.45, 2.75) is 6.54 Å². The van der Waals surface area contributed by atoms with Crippen molar-refractivity contribution in [2.24, 2.45) is 0 Å². The van der Waals surface area contributed by atoms with Crippen LogP contribution in [0.2, 0.25) is 5.02 Å². The smallest absolute Gasteiger partial charge is 0.251 e. The van der Waals surface area contributed by atoms with Gasteiger partial charge >= 0.3 is 0 Å². The van der Waals surface area contributed by atoms with Crippen molar-refractivity contribution < 1.29 is 24.2 Å². The lowest BCUT2D eigenvalue weighted by Crippen LogP contribution is -2.27. The van der Waals surface area contributed by atoms with Gasteiger partial charge in [0.25, 0.3) is 11.8 Å². The van der Waals surface area contributed by atoms with Crippen molar-refractivity contribution in [2.75, 3.05) is 55.5 Å². The third kappa shape index (κ3) is 11.5. The number of aromatic nitrogens is 2. The van der Waals surface area contributed by atoms with Crippen molar-refractivity contribution in [3.8, 4) is 5.75 Å². The van der Waals surface area contributed by atoms with Crippen LogP contribution in [0.1, 0.15) is 26.3 Å². The zero-order chi connectivity index (χ0) is 35.0. The van der Waals surface area contributed by atoms with Crippen molar-refractivity contribution in [3.05, 3.63) is 131 Å². The molecule has 2 amide bonds. The highest BCUT2D eigenvalue weighted by molar-refractivity contribution is 6.31. The van der Waals surface area contributed by atoms with Gasteiger partial charge in [-0.15, -0.1) is 0 Å². The van der Waals surface area contributed by atoms with Gasteiger partial charge in [-0.3, -0.25) is 9.59 Å². The summed E-state index contributed by atoms with van der Waals surface area (Å²) in [5.41, 5.74) is 3.36. The topological polar surface area (TPSA) is 159 Å². The maximum atomic E-state index is 12.7. The molecule has 0 spiro atoms. The molecular formula is C37H38ClN7O5. The minimum atomic E-state index is -0.216. The quantitative estimate of drug-likeness (QED) is 0.0465. The average molecular weight is 696 g/mol. The molecule has 0 radical (unpaired) electrons. The first-order valence-corrected chi connectivity index (χ1v) is 16.4. The number of aromatic hydroxyl groups is 1. The molecule has 12 nitrogen and oxygen atoms in total. The lowest BCUT2D eigenvalue weighted by atomic mass is 10.1. The van der Waals surface area contributed by atoms with Crippen LogP contribution >= 0.6 is 11.6 Å². The Labute approximate surface area is 295 Å². The lowest BCUT2D eigenvalue weighted by molar-refractivity contribution is 0.0519. The highest BCUT2D eigenvalue weighted by atomic mass is 35.5. The molecule has 0 unspecified atom stereocenters. The molecule has 4 aromatic carbocycles. The summed E-state index contributed by atoms with van der Waals surface area (Å²) >= 11 is 6.20. The van der Waals surface area contributed by atoms with E-state index in [0.29, 0.717) is 85.5 Å². The Balaban J connectivity index is 1.09. The van der Waals surface area contributed by atoms with Crippen LogP contribution in [0, 0.1) is 0 Å². The van der Waals surface area contributed by atoms with Gasteiger partial charge in [0.1, 0.15) is 17.4 Å². The van der Waals surface area contributed by atoms with Crippen LogP contribution in [0.5, 0.6) is 5.75 Å². The fraction of sp³-hybridized carbons (Fsp3) is 0.189. The van der Waals surface area contributed by atoms with Crippen molar-refractivity contribution in [1.82, 2.24) is 20.6 Å². The molecule has 0 saturated heterocycles. The van der Waals surface area contributed by atoms with Gasteiger partial charge in [0, 0.05) is 53.2 Å². The van der Waals surface area contributed by atoms with Gasteiger partial charge in [-0.1, -0.05) is 48.0 Å². The normalized spacial score (nSPS) is 10.7. The fourth-order valence-electron chi connectivity index (χ4n) is 4.61. The minimum Gasteiger partial charge on any atom is -0.508 e. The van der Waals surface area contributed by atoms with E-state index >= 15 is 0 Å². The summed E-state index contributed by atoms with van der Waals surface area (Å²) in [6.45, 7) is 2.78. The largest absolute Gasteiger partial charge is 0.508 e. The van der Waals surface area contributed by atoms with Gasteiger partial charge < -0.3 is 41.2 Å². The van der Waals surface area contributed by atoms with E-state index in [2.05, 4.69) is 36.6 Å². The standard InChI is InChI=1S/C37H38ClN7O5/c38-32-9-5-4-8-28(32)25-41-36(48)27-10-12-29(13-11-27)42-34-24-33(44-37(45-34)43-30-14-16-31(46)17-15-30)39-18-20-49-22-23-50-21-19-40-35(47)26-6-2-1-3-7-26/h1-17,24,46H,18-23,25H2,(H,40,47)(H,41,48)(H3,39,42,43,44,45). The van der Waals surface area contributed by atoms with E-state index in [9.17, 15) is 14.7 Å². The number of nitrogens with one attached hydrogen (secondary N) is 5. The maximum absolute atomic E-state index is 12.7. The second kappa shape index (κ2) is 18.7. The first-order chi connectivity index (χ1) is 24.4. The van der Waals surface area contributed by atoms with E-state index in [1.807, 2.05) is 36.4 Å². The number of hydrogen-bond donors (Lipinski definition) is 6. The second-order valence-electron chi connectivity index (χ2n) is 10.9. The van der Waals surface area contributed by atoms with Crippen molar-refractivity contribution in [3.63, 3.8) is 0 Å². The first kappa shape index (κ1) is 35.6. The van der Waals surface area contributed by atoms with E-state index in [1.54, 1.807) is 72.8 Å². The van der Waals surface area contributed by atoms with Crippen LogP contribution in [0.4, 0.5) is 29.0 Å². The molecular weight excluding hydrogens is 658 g/mol. The minimum absolute atomic E-state index is 0.135. The van der Waals surface area contributed by atoms with Crippen LogP contribution in [-0.4, -0.2) is 66.4 Å². The summed E-state index contributed by atoms with van der Waals surface area (Å²) < 4.78 is 11.2. The molecule has 0 fully saturated rings. The van der Waals surface area contributed by atoms with Crippen molar-refractivity contribution >= 4 is 52.4 Å². The molecule has 0 aliphatic carbocycles. The Morgan fingerprint density at radius 2 is 1.24 bits per heavy atom. The van der Waals surface area contributed by atoms with E-state index in [-0.39, 0.29) is 17.6 Å². The number of halogens is 1. The van der Waals surface area contributed by atoms with E-state index < -0.39 is 0 Å². The Hall–Kier alpha value is -5.69. The number of hydrogen-bond acceptors (Lipinski definition) is 10. The number of benzene rings is 4. The number of phenols is 1. The fourth-order valence-corrected chi connectivity index (χ4v) is 4.81. The summed E-state index contributed by atoms with van der Waals surface area (Å²) in [5.74, 6) is 1.18. The average Bonchev–Trinajstić information content (AvgIpc) is 3.13. The molecule has 6 N–H and O–H groups in total. The molecule has 0 bridgehead atoms. The Morgan fingerprint density at radius 1 is 0.640 bits per heavy atom. The number of ether oxygens (including phenoxy) is 2. The molecule has 1 aromatic heterocycles. The Morgan fingerprint density at radius 3 is 1.98 bits per heavy atom. The molecule has 50 heavy (non-hydrogen) atoms. The maximum Gasteiger partial charge on any atom is 0.251 e. The molecule has 1 heterocycles. The number of phenolic OH excluding ortho intramolecular Hbond substituents is 1. The third-order valence-electron chi connectivity index (χ3n) is 7.16. The van der Waals surface area contributed by atoms with Gasteiger partial charge in [0.15, 0.2) is 0 Å². The SMILES string of the molecule is O=C(NCCOCCOCCNc1cc(Nc2ccc(C(=O)NCc3ccccc3Cl)cc2)nc(Nc2ccc(O)cc2)n1)c1ccccc1. The van der Waals surface area contributed by atoms with Gasteiger partial charge in [0.05, 0.1) is 26.4 Å². The molecule has 258 valence electrons. The summed E-state index contributed by atoms with van der Waals surface area (Å²) in [7, 11) is 0. The van der Waals surface area contributed by atoms with Crippen LogP contribution in [0.3, 0.4) is 0 Å². The Kier molecular flexibility index (Phi) is 13.4. The predicted octanol–water partition coefficient (Wildman–Crippen LogP) is 6.13. The number of anilines is 5. The highest BCUT2D eigenvalue weighted by Gasteiger charge is 2.10. The number of rotatable bonds is 18. The van der Waals surface area contributed by atoms with Gasteiger partial charge in [-0.05, 0) is 72.3 Å². The third-order valence-corrected chi connectivity index (χ3v) is 7.53. The van der Waals surface area contributed by atoms with Gasteiger partial charge in [0.2, 0.25) is 5.95 Å². The number of carbonyl (C=O) groups excluding carboxylic acids is 2. The molecule has 5 rings (SSSR count). The summed E-state index contributed by atoms with van der Waals surface area (Å²) in [4.78, 5) is 34.0. The first-order valence-electron chi connectivity index (χ1n) is 16.0. The zero-order valence-electron chi connectivity index (χ0n) is 27.2. The second-order valence-corrected chi connectivity index (χ2v) is 11.3. The lowest BCUT2D eigenvalue weighted by Gasteiger charge is -2.13. The number of nitrogens with zero attached hydrogens (tertiary/aromatic N) is 2. The van der Waals surface area contributed by atoms with Crippen LogP contribution in [0.25, 0.3) is 0 Å². The summed E-state index contributed by atoms with van der Waals surface area (Å²) in [6.07, 6.45) is 0.